The number of nitrogens with zero attached hydrogens (tertiary/aromatic N) is 4. The number of hydrogen-bond donors (Lipinski definition) is 1. The smallest absolute Gasteiger partial charge is 0.295 e. The third-order valence-electron chi connectivity index (χ3n) is 5.11. The van der Waals surface area contributed by atoms with Crippen LogP contribution in [0.4, 0.5) is 4.39 Å². The van der Waals surface area contributed by atoms with Gasteiger partial charge < -0.3 is 14.8 Å². The summed E-state index contributed by atoms with van der Waals surface area (Å²) in [6.07, 6.45) is 3.85. The molecule has 0 aliphatic carbocycles. The molecule has 1 N–H and O–H groups in total. The molecule has 4 heterocycles. The minimum absolute atomic E-state index is 0.0202. The fourth-order valence-electron chi connectivity index (χ4n) is 3.60. The average molecular weight is 474 g/mol. The van der Waals surface area contributed by atoms with E-state index in [-0.39, 0.29) is 42.5 Å². The summed E-state index contributed by atoms with van der Waals surface area (Å²) in [5, 5.41) is 0.0202. The number of Topliss-reactive ketones (excluding diaryl/α,β-unsaturated/α-hetero) is 1. The summed E-state index contributed by atoms with van der Waals surface area (Å²) < 4.78 is 14.6. The lowest BCUT2D eigenvalue weighted by Crippen LogP contribution is -2.56. The summed E-state index contributed by atoms with van der Waals surface area (Å²) in [6.45, 7) is 2.50. The third-order valence-corrected chi connectivity index (χ3v) is 5.72. The molecule has 4 rings (SSSR count). The second kappa shape index (κ2) is 7.94. The molecule has 1 atom stereocenters. The van der Waals surface area contributed by atoms with Crippen LogP contribution in [-0.2, 0) is 4.79 Å². The van der Waals surface area contributed by atoms with E-state index in [1.165, 1.54) is 11.1 Å². The lowest BCUT2D eigenvalue weighted by molar-refractivity contribution is -0.130. The van der Waals surface area contributed by atoms with Crippen molar-refractivity contribution in [1.82, 2.24) is 24.8 Å². The van der Waals surface area contributed by atoms with Gasteiger partial charge in [-0.15, -0.1) is 0 Å². The van der Waals surface area contributed by atoms with Crippen LogP contribution >= 0.6 is 15.9 Å². The van der Waals surface area contributed by atoms with Crippen molar-refractivity contribution in [2.45, 2.75) is 13.0 Å². The van der Waals surface area contributed by atoms with Crippen molar-refractivity contribution in [1.29, 1.82) is 0 Å². The first-order valence-electron chi connectivity index (χ1n) is 9.25. The van der Waals surface area contributed by atoms with Gasteiger partial charge in [0.2, 0.25) is 0 Å². The van der Waals surface area contributed by atoms with Crippen LogP contribution < -0.4 is 0 Å². The summed E-state index contributed by atoms with van der Waals surface area (Å²) in [7, 11) is 0. The van der Waals surface area contributed by atoms with Gasteiger partial charge in [0.1, 0.15) is 10.3 Å². The van der Waals surface area contributed by atoms with Gasteiger partial charge in [0, 0.05) is 38.1 Å². The molecule has 154 valence electrons. The molecule has 0 unspecified atom stereocenters. The largest absolute Gasteiger partial charge is 0.358 e. The number of halogens is 2. The van der Waals surface area contributed by atoms with Crippen LogP contribution in [0.3, 0.4) is 0 Å². The first-order valence-corrected chi connectivity index (χ1v) is 10.0. The summed E-state index contributed by atoms with van der Waals surface area (Å²) in [4.78, 5) is 52.1. The Morgan fingerprint density at radius 1 is 1.23 bits per heavy atom. The number of pyridine rings is 2. The van der Waals surface area contributed by atoms with E-state index in [4.69, 9.17) is 0 Å². The number of piperazine rings is 1. The van der Waals surface area contributed by atoms with E-state index in [1.807, 2.05) is 0 Å². The Morgan fingerprint density at radius 2 is 2.03 bits per heavy atom. The molecule has 3 aromatic rings. The Labute approximate surface area is 179 Å². The van der Waals surface area contributed by atoms with Crippen LogP contribution in [0.25, 0.3) is 10.9 Å². The SMILES string of the molecule is C[C@@H]1CN(C(=O)c2ccccn2)CCN1C(=O)C(=O)c1c[nH]c2c(Br)ncc(F)c12. The van der Waals surface area contributed by atoms with Crippen LogP contribution in [0.1, 0.15) is 27.8 Å². The number of amides is 2. The monoisotopic (exact) mass is 473 g/mol. The molecule has 0 aromatic carbocycles. The molecule has 1 fully saturated rings. The van der Waals surface area contributed by atoms with Crippen LogP contribution in [0.5, 0.6) is 0 Å². The van der Waals surface area contributed by atoms with Gasteiger partial charge in [-0.2, -0.15) is 0 Å². The fraction of sp³-hybridized carbons (Fsp3) is 0.250. The highest BCUT2D eigenvalue weighted by molar-refractivity contribution is 9.10. The lowest BCUT2D eigenvalue weighted by Gasteiger charge is -2.39. The van der Waals surface area contributed by atoms with E-state index >= 15 is 0 Å². The van der Waals surface area contributed by atoms with Gasteiger partial charge >= 0.3 is 0 Å². The van der Waals surface area contributed by atoms with E-state index < -0.39 is 17.5 Å². The van der Waals surface area contributed by atoms with Gasteiger partial charge in [0.25, 0.3) is 17.6 Å². The number of ketones is 1. The average Bonchev–Trinajstić information content (AvgIpc) is 3.22. The van der Waals surface area contributed by atoms with Gasteiger partial charge in [-0.05, 0) is 35.0 Å². The van der Waals surface area contributed by atoms with E-state index in [9.17, 15) is 18.8 Å². The van der Waals surface area contributed by atoms with Crippen molar-refractivity contribution in [2.24, 2.45) is 0 Å². The van der Waals surface area contributed by atoms with Crippen LogP contribution in [0.15, 0.2) is 41.4 Å². The highest BCUT2D eigenvalue weighted by Gasteiger charge is 2.35. The molecule has 0 radical (unpaired) electrons. The topological polar surface area (TPSA) is 99.3 Å². The summed E-state index contributed by atoms with van der Waals surface area (Å²) in [6, 6.07) is 4.71. The van der Waals surface area contributed by atoms with Crippen molar-refractivity contribution in [2.75, 3.05) is 19.6 Å². The van der Waals surface area contributed by atoms with E-state index in [0.29, 0.717) is 15.8 Å². The Morgan fingerprint density at radius 3 is 2.73 bits per heavy atom. The molecule has 1 aliphatic rings. The number of nitrogens with one attached hydrogen (secondary N) is 1. The maximum Gasteiger partial charge on any atom is 0.295 e. The van der Waals surface area contributed by atoms with Crippen molar-refractivity contribution in [3.8, 4) is 0 Å². The zero-order chi connectivity index (χ0) is 21.4. The second-order valence-corrected chi connectivity index (χ2v) is 7.74. The lowest BCUT2D eigenvalue weighted by atomic mass is 10.1. The number of H-pyrrole nitrogens is 1. The zero-order valence-corrected chi connectivity index (χ0v) is 17.5. The number of fused-ring (bicyclic) bond motifs is 1. The Kier molecular flexibility index (Phi) is 5.33. The molecule has 3 aromatic heterocycles. The highest BCUT2D eigenvalue weighted by Crippen LogP contribution is 2.27. The minimum atomic E-state index is -0.811. The predicted octanol–water partition coefficient (Wildman–Crippen LogP) is 2.42. The fourth-order valence-corrected chi connectivity index (χ4v) is 4.01. The number of aromatic nitrogens is 3. The van der Waals surface area contributed by atoms with Crippen LogP contribution in [0, 0.1) is 5.82 Å². The molecular weight excluding hydrogens is 457 g/mol. The maximum atomic E-state index is 14.3. The minimum Gasteiger partial charge on any atom is -0.358 e. The molecular formula is C20H17BrFN5O3. The Hall–Kier alpha value is -3.14. The number of aromatic amines is 1. The maximum absolute atomic E-state index is 14.3. The molecule has 1 saturated heterocycles. The molecule has 2 amide bonds. The molecule has 8 nitrogen and oxygen atoms in total. The molecule has 0 spiro atoms. The normalized spacial score (nSPS) is 16.7. The van der Waals surface area contributed by atoms with E-state index in [1.54, 1.807) is 36.2 Å². The summed E-state index contributed by atoms with van der Waals surface area (Å²) in [5.74, 6) is -2.46. The number of carbonyl (C=O) groups excluding carboxylic acids is 3. The molecule has 0 bridgehead atoms. The van der Waals surface area contributed by atoms with E-state index in [2.05, 4.69) is 30.9 Å². The first kappa shape index (κ1) is 20.1. The van der Waals surface area contributed by atoms with Crippen molar-refractivity contribution >= 4 is 44.4 Å². The molecule has 30 heavy (non-hydrogen) atoms. The van der Waals surface area contributed by atoms with Crippen LogP contribution in [-0.4, -0.2) is 68.0 Å². The predicted molar refractivity (Wildman–Crippen MR) is 109 cm³/mol. The highest BCUT2D eigenvalue weighted by atomic mass is 79.9. The molecule has 0 saturated carbocycles. The van der Waals surface area contributed by atoms with Gasteiger partial charge in [0.15, 0.2) is 5.82 Å². The number of carbonyl (C=O) groups is 3. The standard InChI is InChI=1S/C20H17BrFN5O3/c1-11-10-26(19(29)14-4-2-3-5-23-14)6-7-27(11)20(30)17(28)12-8-24-16-15(12)13(22)9-25-18(16)21/h2-5,8-9,11,24H,6-7,10H2,1H3/t11-/m1/s1. The summed E-state index contributed by atoms with van der Waals surface area (Å²) in [5.41, 5.74) is 0.591. The van der Waals surface area contributed by atoms with Gasteiger partial charge in [0.05, 0.1) is 22.7 Å². The Balaban J connectivity index is 1.52. The van der Waals surface area contributed by atoms with Crippen molar-refractivity contribution in [3.63, 3.8) is 0 Å². The number of rotatable bonds is 3. The van der Waals surface area contributed by atoms with Crippen molar-refractivity contribution in [3.05, 3.63) is 58.5 Å². The van der Waals surface area contributed by atoms with Crippen LogP contribution in [0.2, 0.25) is 0 Å². The third kappa shape index (κ3) is 3.47. The van der Waals surface area contributed by atoms with Crippen molar-refractivity contribution < 1.29 is 18.8 Å². The zero-order valence-electron chi connectivity index (χ0n) is 15.9. The van der Waals surface area contributed by atoms with Gasteiger partial charge in [-0.1, -0.05) is 6.07 Å². The molecule has 1 aliphatic heterocycles. The molecule has 10 heteroatoms. The van der Waals surface area contributed by atoms with E-state index in [0.717, 1.165) is 6.20 Å². The number of hydrogen-bond acceptors (Lipinski definition) is 5. The summed E-state index contributed by atoms with van der Waals surface area (Å²) >= 11 is 3.20. The first-order chi connectivity index (χ1) is 14.4. The van der Waals surface area contributed by atoms with Gasteiger partial charge in [-0.25, -0.2) is 9.37 Å². The Bertz CT molecular complexity index is 1150. The quantitative estimate of drug-likeness (QED) is 0.357. The van der Waals surface area contributed by atoms with Gasteiger partial charge in [-0.3, -0.25) is 19.4 Å². The second-order valence-electron chi connectivity index (χ2n) is 6.99.